The summed E-state index contributed by atoms with van der Waals surface area (Å²) in [6.45, 7) is 5.26. The van der Waals surface area contributed by atoms with Gasteiger partial charge in [-0.15, -0.1) is 0 Å². The van der Waals surface area contributed by atoms with Crippen molar-refractivity contribution < 1.29 is 24.2 Å². The maximum absolute atomic E-state index is 12.4. The Morgan fingerprint density at radius 2 is 1.59 bits per heavy atom. The monoisotopic (exact) mass is 438 g/mol. The van der Waals surface area contributed by atoms with E-state index in [1.165, 1.54) is 25.8 Å². The number of nitrogens with zero attached hydrogens (tertiary/aromatic N) is 1. The number of likely N-dealkylation sites (N-methyl/N-ethyl adjacent to an activating group) is 1. The van der Waals surface area contributed by atoms with Crippen LogP contribution >= 0.6 is 0 Å². The van der Waals surface area contributed by atoms with E-state index in [1.54, 1.807) is 0 Å². The van der Waals surface area contributed by atoms with Gasteiger partial charge in [-0.25, -0.2) is 9.59 Å². The van der Waals surface area contributed by atoms with Crippen molar-refractivity contribution in [1.29, 1.82) is 0 Å². The highest BCUT2D eigenvalue weighted by atomic mass is 16.5. The topological polar surface area (TPSA) is 95.9 Å². The molecule has 0 radical (unpaired) electrons. The first-order valence-electron chi connectivity index (χ1n) is 10.7. The molecule has 0 fully saturated rings. The first-order valence-corrected chi connectivity index (χ1v) is 10.7. The maximum Gasteiger partial charge on any atom is 0.407 e. The Hall–Kier alpha value is -3.35. The molecular weight excluding hydrogens is 408 g/mol. The average molecular weight is 439 g/mol. The van der Waals surface area contributed by atoms with Gasteiger partial charge in [0.05, 0.1) is 0 Å². The zero-order chi connectivity index (χ0) is 23.5. The van der Waals surface area contributed by atoms with Crippen molar-refractivity contribution in [3.63, 3.8) is 0 Å². The molecule has 0 saturated heterocycles. The zero-order valence-electron chi connectivity index (χ0n) is 18.9. The first-order chi connectivity index (χ1) is 15.1. The van der Waals surface area contributed by atoms with Crippen LogP contribution in [0.3, 0.4) is 0 Å². The number of carbonyl (C=O) groups excluding carboxylic acids is 2. The molecule has 32 heavy (non-hydrogen) atoms. The van der Waals surface area contributed by atoms with Gasteiger partial charge in [0.1, 0.15) is 12.1 Å². The number of rotatable bonds is 8. The molecule has 1 unspecified atom stereocenters. The molecule has 0 aliphatic heterocycles. The Bertz CT molecular complexity index is 971. The molecule has 1 aliphatic rings. The Balaban J connectivity index is 1.51. The summed E-state index contributed by atoms with van der Waals surface area (Å²) >= 11 is 0. The molecule has 7 nitrogen and oxygen atoms in total. The lowest BCUT2D eigenvalue weighted by Crippen LogP contribution is -2.51. The van der Waals surface area contributed by atoms with Gasteiger partial charge in [0.2, 0.25) is 5.91 Å². The quantitative estimate of drug-likeness (QED) is 0.652. The Labute approximate surface area is 188 Å². The summed E-state index contributed by atoms with van der Waals surface area (Å²) < 4.78 is 5.51. The second-order valence-electron chi connectivity index (χ2n) is 8.83. The summed E-state index contributed by atoms with van der Waals surface area (Å²) in [5.74, 6) is -1.55. The van der Waals surface area contributed by atoms with Crippen LogP contribution in [0.5, 0.6) is 0 Å². The summed E-state index contributed by atoms with van der Waals surface area (Å²) in [5, 5.41) is 12.0. The van der Waals surface area contributed by atoms with Gasteiger partial charge in [0.15, 0.2) is 0 Å². The minimum absolute atomic E-state index is 0.0148. The van der Waals surface area contributed by atoms with Crippen LogP contribution in [0.25, 0.3) is 11.1 Å². The number of carbonyl (C=O) groups is 3. The lowest BCUT2D eigenvalue weighted by molar-refractivity contribution is -0.155. The van der Waals surface area contributed by atoms with Gasteiger partial charge in [-0.3, -0.25) is 4.79 Å². The van der Waals surface area contributed by atoms with Gasteiger partial charge in [0.25, 0.3) is 0 Å². The van der Waals surface area contributed by atoms with Crippen LogP contribution in [0.2, 0.25) is 0 Å². The number of amides is 2. The van der Waals surface area contributed by atoms with Crippen LogP contribution in [0.4, 0.5) is 4.79 Å². The van der Waals surface area contributed by atoms with E-state index in [-0.39, 0.29) is 37.3 Å². The van der Waals surface area contributed by atoms with Crippen molar-refractivity contribution in [2.75, 3.05) is 20.2 Å². The van der Waals surface area contributed by atoms with E-state index in [1.807, 2.05) is 31.2 Å². The van der Waals surface area contributed by atoms with Gasteiger partial charge in [-0.2, -0.15) is 0 Å². The molecule has 2 N–H and O–H groups in total. The Morgan fingerprint density at radius 3 is 2.12 bits per heavy atom. The predicted octanol–water partition coefficient (Wildman–Crippen LogP) is 3.87. The number of hydrogen-bond donors (Lipinski definition) is 2. The Kier molecular flexibility index (Phi) is 6.87. The van der Waals surface area contributed by atoms with Crippen molar-refractivity contribution in [1.82, 2.24) is 10.2 Å². The lowest BCUT2D eigenvalue weighted by atomic mass is 9.98. The third-order valence-corrected chi connectivity index (χ3v) is 6.20. The third-order valence-electron chi connectivity index (χ3n) is 6.20. The van der Waals surface area contributed by atoms with Crippen LogP contribution < -0.4 is 5.32 Å². The normalized spacial score (nSPS) is 13.6. The van der Waals surface area contributed by atoms with Gasteiger partial charge < -0.3 is 20.1 Å². The zero-order valence-corrected chi connectivity index (χ0v) is 18.9. The number of alkyl carbamates (subject to hydrolysis) is 1. The molecule has 0 spiro atoms. The highest BCUT2D eigenvalue weighted by Crippen LogP contribution is 2.44. The SMILES string of the molecule is CC(CNC(=O)OCC1c2ccccc2-c2ccccc21)CC(=O)N(C)C(C)(C)C(=O)O. The second-order valence-corrected chi connectivity index (χ2v) is 8.83. The molecule has 0 bridgehead atoms. The molecule has 1 aliphatic carbocycles. The minimum atomic E-state index is -1.29. The number of carboxylic acids is 1. The number of fused-ring (bicyclic) bond motifs is 3. The van der Waals surface area contributed by atoms with Crippen molar-refractivity contribution in [2.45, 2.75) is 38.6 Å². The molecule has 2 aromatic rings. The summed E-state index contributed by atoms with van der Waals surface area (Å²) in [7, 11) is 1.47. The molecule has 0 heterocycles. The number of nitrogens with one attached hydrogen (secondary N) is 1. The summed E-state index contributed by atoms with van der Waals surface area (Å²) in [5.41, 5.74) is 3.32. The van der Waals surface area contributed by atoms with E-state index < -0.39 is 17.6 Å². The van der Waals surface area contributed by atoms with E-state index in [2.05, 4.69) is 29.6 Å². The summed E-state index contributed by atoms with van der Waals surface area (Å²) in [6.07, 6.45) is -0.415. The fourth-order valence-electron chi connectivity index (χ4n) is 3.87. The van der Waals surface area contributed by atoms with E-state index in [0.717, 1.165) is 22.3 Å². The lowest BCUT2D eigenvalue weighted by Gasteiger charge is -2.32. The molecule has 7 heteroatoms. The van der Waals surface area contributed by atoms with Gasteiger partial charge in [-0.1, -0.05) is 55.5 Å². The number of hydrogen-bond acceptors (Lipinski definition) is 4. The molecule has 170 valence electrons. The van der Waals surface area contributed by atoms with Crippen LogP contribution in [0, 0.1) is 5.92 Å². The molecule has 2 amide bonds. The van der Waals surface area contributed by atoms with Crippen LogP contribution in [0.15, 0.2) is 48.5 Å². The van der Waals surface area contributed by atoms with Gasteiger partial charge >= 0.3 is 12.1 Å². The summed E-state index contributed by atoms with van der Waals surface area (Å²) in [6, 6.07) is 16.3. The van der Waals surface area contributed by atoms with Crippen LogP contribution in [0.1, 0.15) is 44.2 Å². The average Bonchev–Trinajstić information content (AvgIpc) is 3.09. The smallest absolute Gasteiger partial charge is 0.407 e. The molecule has 2 aromatic carbocycles. The first kappa shape index (κ1) is 23.3. The number of ether oxygens (including phenoxy) is 1. The highest BCUT2D eigenvalue weighted by molar-refractivity contribution is 5.86. The predicted molar refractivity (Wildman–Crippen MR) is 121 cm³/mol. The minimum Gasteiger partial charge on any atom is -0.480 e. The second kappa shape index (κ2) is 9.42. The van der Waals surface area contributed by atoms with Crippen molar-refractivity contribution in [3.05, 3.63) is 59.7 Å². The van der Waals surface area contributed by atoms with Gasteiger partial charge in [0, 0.05) is 25.9 Å². The van der Waals surface area contributed by atoms with Crippen LogP contribution in [-0.2, 0) is 14.3 Å². The molecule has 3 rings (SSSR count). The van der Waals surface area contributed by atoms with E-state index in [0.29, 0.717) is 0 Å². The molecule has 1 atom stereocenters. The van der Waals surface area contributed by atoms with Crippen molar-refractivity contribution in [2.24, 2.45) is 5.92 Å². The fraction of sp³-hybridized carbons (Fsp3) is 0.400. The number of benzene rings is 2. The van der Waals surface area contributed by atoms with E-state index in [4.69, 9.17) is 4.74 Å². The largest absolute Gasteiger partial charge is 0.480 e. The maximum atomic E-state index is 12.4. The van der Waals surface area contributed by atoms with E-state index >= 15 is 0 Å². The summed E-state index contributed by atoms with van der Waals surface area (Å²) in [4.78, 5) is 37.2. The standard InChI is InChI=1S/C25H30N2O5/c1-16(13-22(28)27(4)25(2,3)23(29)30)14-26-24(31)32-15-21-19-11-7-5-9-17(19)18-10-6-8-12-20(18)21/h5-12,16,21H,13-15H2,1-4H3,(H,26,31)(H,29,30). The molecular formula is C25H30N2O5. The number of aliphatic carboxylic acids is 1. The Morgan fingerprint density at radius 1 is 1.06 bits per heavy atom. The van der Waals surface area contributed by atoms with Crippen molar-refractivity contribution in [3.8, 4) is 11.1 Å². The van der Waals surface area contributed by atoms with E-state index in [9.17, 15) is 19.5 Å². The van der Waals surface area contributed by atoms with Crippen molar-refractivity contribution >= 4 is 18.0 Å². The van der Waals surface area contributed by atoms with Gasteiger partial charge in [-0.05, 0) is 42.0 Å². The highest BCUT2D eigenvalue weighted by Gasteiger charge is 2.35. The molecule has 0 saturated carbocycles. The van der Waals surface area contributed by atoms with Crippen LogP contribution in [-0.4, -0.2) is 53.7 Å². The third kappa shape index (κ3) is 4.77. The fourth-order valence-corrected chi connectivity index (χ4v) is 3.87. The number of carboxylic acid groups (broad SMARTS) is 1. The molecule has 0 aromatic heterocycles.